The molecular formula is C19H16ClN3. The van der Waals surface area contributed by atoms with Gasteiger partial charge in [-0.1, -0.05) is 29.8 Å². The lowest BCUT2D eigenvalue weighted by molar-refractivity contribution is 0.423. The maximum atomic E-state index is 9.02. The maximum Gasteiger partial charge on any atom is 0.140 e. The van der Waals surface area contributed by atoms with Crippen LogP contribution >= 0.6 is 11.6 Å². The Morgan fingerprint density at radius 3 is 2.91 bits per heavy atom. The molecule has 3 atom stereocenters. The first-order chi connectivity index (χ1) is 11.2. The minimum atomic E-state index is 0.198. The molecule has 4 rings (SSSR count). The number of hydrogen-bond donors (Lipinski definition) is 1. The molecule has 0 saturated heterocycles. The zero-order valence-corrected chi connectivity index (χ0v) is 13.5. The number of nitrogens with one attached hydrogen (secondary N) is 1. The molecule has 1 N–H and O–H groups in total. The van der Waals surface area contributed by atoms with Crippen LogP contribution in [0.5, 0.6) is 0 Å². The number of aromatic nitrogens is 1. The predicted molar refractivity (Wildman–Crippen MR) is 91.5 cm³/mol. The summed E-state index contributed by atoms with van der Waals surface area (Å²) in [5.41, 5.74) is 4.96. The van der Waals surface area contributed by atoms with Crippen molar-refractivity contribution < 1.29 is 0 Å². The maximum absolute atomic E-state index is 9.02. The molecule has 1 aromatic heterocycles. The van der Waals surface area contributed by atoms with Gasteiger partial charge >= 0.3 is 0 Å². The van der Waals surface area contributed by atoms with Gasteiger partial charge in [0.05, 0.1) is 6.04 Å². The summed E-state index contributed by atoms with van der Waals surface area (Å²) in [6.07, 6.45) is 5.58. The highest BCUT2D eigenvalue weighted by molar-refractivity contribution is 6.30. The smallest absolute Gasteiger partial charge is 0.140 e. The average molecular weight is 322 g/mol. The first kappa shape index (κ1) is 14.3. The third-order valence-electron chi connectivity index (χ3n) is 4.90. The highest BCUT2D eigenvalue weighted by Gasteiger charge is 2.38. The Balaban J connectivity index is 1.79. The molecule has 1 aromatic carbocycles. The van der Waals surface area contributed by atoms with Gasteiger partial charge < -0.3 is 5.32 Å². The Kier molecular flexibility index (Phi) is 3.36. The molecule has 114 valence electrons. The monoisotopic (exact) mass is 321 g/mol. The summed E-state index contributed by atoms with van der Waals surface area (Å²) in [5.74, 6) is 0.833. The third kappa shape index (κ3) is 2.31. The number of pyridine rings is 1. The molecule has 1 aliphatic carbocycles. The van der Waals surface area contributed by atoms with Crippen molar-refractivity contribution in [2.45, 2.75) is 25.3 Å². The fourth-order valence-corrected chi connectivity index (χ4v) is 4.02. The molecule has 0 spiro atoms. The van der Waals surface area contributed by atoms with Gasteiger partial charge in [0.25, 0.3) is 0 Å². The summed E-state index contributed by atoms with van der Waals surface area (Å²) in [4.78, 5) is 4.41. The van der Waals surface area contributed by atoms with E-state index < -0.39 is 0 Å². The van der Waals surface area contributed by atoms with Gasteiger partial charge in [-0.2, -0.15) is 5.26 Å². The molecule has 2 heterocycles. The zero-order valence-electron chi connectivity index (χ0n) is 12.8. The summed E-state index contributed by atoms with van der Waals surface area (Å²) >= 11 is 6.19. The van der Waals surface area contributed by atoms with Gasteiger partial charge in [-0.05, 0) is 54.7 Å². The van der Waals surface area contributed by atoms with E-state index in [9.17, 15) is 0 Å². The van der Waals surface area contributed by atoms with Crippen molar-refractivity contribution in [3.63, 3.8) is 0 Å². The highest BCUT2D eigenvalue weighted by Crippen LogP contribution is 2.50. The van der Waals surface area contributed by atoms with Gasteiger partial charge in [0.2, 0.25) is 0 Å². The highest BCUT2D eigenvalue weighted by atomic mass is 35.5. The van der Waals surface area contributed by atoms with E-state index in [0.717, 1.165) is 22.8 Å². The molecule has 0 bridgehead atoms. The minimum Gasteiger partial charge on any atom is -0.378 e. The lowest BCUT2D eigenvalue weighted by Gasteiger charge is -2.38. The minimum absolute atomic E-state index is 0.198. The van der Waals surface area contributed by atoms with Crippen molar-refractivity contribution in [1.29, 1.82) is 5.26 Å². The normalized spacial score (nSPS) is 24.5. The molecule has 0 fully saturated rings. The van der Waals surface area contributed by atoms with E-state index in [0.29, 0.717) is 17.5 Å². The van der Waals surface area contributed by atoms with Crippen LogP contribution in [0.15, 0.2) is 42.5 Å². The number of nitrogens with zero attached hydrogens (tertiary/aromatic N) is 2. The van der Waals surface area contributed by atoms with E-state index in [-0.39, 0.29) is 6.04 Å². The van der Waals surface area contributed by atoms with Gasteiger partial charge in [-0.25, -0.2) is 4.98 Å². The Labute approximate surface area is 140 Å². The Bertz CT molecular complexity index is 850. The SMILES string of the molecule is Cc1nc(C#N)ccc1[C@@H]1Nc2ccc(Cl)cc2[C@@H]2C=CC[C@@H]21. The van der Waals surface area contributed by atoms with Crippen LogP contribution in [0, 0.1) is 24.2 Å². The number of aryl methyl sites for hydroxylation is 1. The Hall–Kier alpha value is -2.31. The number of halogens is 1. The molecule has 0 amide bonds. The van der Waals surface area contributed by atoms with Gasteiger partial charge in [-0.15, -0.1) is 0 Å². The van der Waals surface area contributed by atoms with Crippen LogP contribution in [0.1, 0.15) is 40.9 Å². The predicted octanol–water partition coefficient (Wildman–Crippen LogP) is 4.74. The van der Waals surface area contributed by atoms with Crippen LogP contribution < -0.4 is 5.32 Å². The second-order valence-corrected chi connectivity index (χ2v) is 6.63. The average Bonchev–Trinajstić information content (AvgIpc) is 3.04. The van der Waals surface area contributed by atoms with Crippen molar-refractivity contribution in [3.05, 3.63) is 70.0 Å². The van der Waals surface area contributed by atoms with E-state index in [1.165, 1.54) is 11.1 Å². The molecule has 0 radical (unpaired) electrons. The van der Waals surface area contributed by atoms with Crippen molar-refractivity contribution >= 4 is 17.3 Å². The number of fused-ring (bicyclic) bond motifs is 3. The lowest BCUT2D eigenvalue weighted by atomic mass is 9.76. The number of allylic oxidation sites excluding steroid dienone is 2. The van der Waals surface area contributed by atoms with Crippen molar-refractivity contribution in [1.82, 2.24) is 4.98 Å². The van der Waals surface area contributed by atoms with Gasteiger partial charge in [0, 0.05) is 22.3 Å². The van der Waals surface area contributed by atoms with E-state index in [2.05, 4.69) is 40.7 Å². The number of rotatable bonds is 1. The van der Waals surface area contributed by atoms with E-state index in [1.54, 1.807) is 6.07 Å². The summed E-state index contributed by atoms with van der Waals surface area (Å²) in [6.45, 7) is 1.98. The van der Waals surface area contributed by atoms with E-state index in [1.807, 2.05) is 19.1 Å². The van der Waals surface area contributed by atoms with E-state index >= 15 is 0 Å². The molecule has 2 aliphatic rings. The molecule has 1 aliphatic heterocycles. The number of benzene rings is 1. The second kappa shape index (κ2) is 5.40. The number of nitriles is 1. The Morgan fingerprint density at radius 2 is 2.13 bits per heavy atom. The fraction of sp³-hybridized carbons (Fsp3) is 0.263. The lowest BCUT2D eigenvalue weighted by Crippen LogP contribution is -2.29. The van der Waals surface area contributed by atoms with Gasteiger partial charge in [0.1, 0.15) is 11.8 Å². The molecule has 3 nitrogen and oxygen atoms in total. The third-order valence-corrected chi connectivity index (χ3v) is 5.14. The summed E-state index contributed by atoms with van der Waals surface area (Å²) < 4.78 is 0. The van der Waals surface area contributed by atoms with Gasteiger partial charge in [0.15, 0.2) is 0 Å². The van der Waals surface area contributed by atoms with Crippen molar-refractivity contribution in [2.24, 2.45) is 5.92 Å². The molecule has 0 saturated carbocycles. The molecule has 23 heavy (non-hydrogen) atoms. The van der Waals surface area contributed by atoms with Gasteiger partial charge in [-0.3, -0.25) is 0 Å². The first-order valence-electron chi connectivity index (χ1n) is 7.77. The molecule has 4 heteroatoms. The first-order valence-corrected chi connectivity index (χ1v) is 8.15. The summed E-state index contributed by atoms with van der Waals surface area (Å²) in [7, 11) is 0. The number of hydrogen-bond acceptors (Lipinski definition) is 3. The fourth-order valence-electron chi connectivity index (χ4n) is 3.84. The summed E-state index contributed by atoms with van der Waals surface area (Å²) in [6, 6.07) is 12.2. The van der Waals surface area contributed by atoms with Crippen molar-refractivity contribution in [3.8, 4) is 6.07 Å². The Morgan fingerprint density at radius 1 is 1.26 bits per heavy atom. The quantitative estimate of drug-likeness (QED) is 0.772. The van der Waals surface area contributed by atoms with Crippen LogP contribution in [0.4, 0.5) is 5.69 Å². The largest absolute Gasteiger partial charge is 0.378 e. The van der Waals surface area contributed by atoms with Crippen LogP contribution in [0.3, 0.4) is 0 Å². The standard InChI is InChI=1S/C19H16ClN3/c1-11-14(7-6-13(10-21)22-11)19-16-4-2-3-15(16)17-9-12(20)5-8-18(17)23-19/h2-3,5-9,15-16,19,23H,4H2,1H3/t15-,16+,19+/m1/s1. The van der Waals surface area contributed by atoms with Crippen LogP contribution in [-0.2, 0) is 0 Å². The summed E-state index contributed by atoms with van der Waals surface area (Å²) in [5, 5.41) is 13.5. The van der Waals surface area contributed by atoms with Crippen LogP contribution in [-0.4, -0.2) is 4.98 Å². The van der Waals surface area contributed by atoms with Crippen LogP contribution in [0.2, 0.25) is 5.02 Å². The van der Waals surface area contributed by atoms with Crippen LogP contribution in [0.25, 0.3) is 0 Å². The molecule has 2 aromatic rings. The number of anilines is 1. The molecule has 0 unspecified atom stereocenters. The van der Waals surface area contributed by atoms with Crippen molar-refractivity contribution in [2.75, 3.05) is 5.32 Å². The molecular weight excluding hydrogens is 306 g/mol. The van der Waals surface area contributed by atoms with E-state index in [4.69, 9.17) is 16.9 Å². The topological polar surface area (TPSA) is 48.7 Å². The zero-order chi connectivity index (χ0) is 16.0. The second-order valence-electron chi connectivity index (χ2n) is 6.19.